The number of carboxylic acid groups (broad SMARTS) is 2. The Labute approximate surface area is 218 Å². The van der Waals surface area contributed by atoms with Gasteiger partial charge in [-0.1, -0.05) is 51.1 Å². The van der Waals surface area contributed by atoms with E-state index >= 15 is 0 Å². The maximum atomic E-state index is 14.7. The van der Waals surface area contributed by atoms with E-state index in [0.717, 1.165) is 40.1 Å². The molecule has 0 aromatic heterocycles. The highest BCUT2D eigenvalue weighted by Crippen LogP contribution is 2.52. The third-order valence-electron chi connectivity index (χ3n) is 7.34. The second-order valence-corrected chi connectivity index (χ2v) is 10.7. The molecule has 6 heteroatoms. The van der Waals surface area contributed by atoms with E-state index in [9.17, 15) is 28.6 Å². The van der Waals surface area contributed by atoms with Gasteiger partial charge < -0.3 is 10.2 Å². The van der Waals surface area contributed by atoms with Crippen molar-refractivity contribution in [2.75, 3.05) is 0 Å². The van der Waals surface area contributed by atoms with E-state index in [0.29, 0.717) is 16.7 Å². The molecule has 1 aliphatic carbocycles. The summed E-state index contributed by atoms with van der Waals surface area (Å²) in [6, 6.07) is 16.7. The molecular formula is C32H26F2O4. The number of rotatable bonds is 4. The molecule has 0 aliphatic heterocycles. The first-order chi connectivity index (χ1) is 17.9. The van der Waals surface area contributed by atoms with Crippen LogP contribution in [0.25, 0.3) is 21.9 Å². The largest absolute Gasteiger partial charge is 0.478 e. The molecule has 4 aromatic carbocycles. The second kappa shape index (κ2) is 8.91. The van der Waals surface area contributed by atoms with Gasteiger partial charge in [-0.25, -0.2) is 18.4 Å². The molecule has 2 N–H and O–H groups in total. The number of aromatic carboxylic acids is 2. The van der Waals surface area contributed by atoms with Crippen molar-refractivity contribution in [1.29, 1.82) is 0 Å². The first-order valence-corrected chi connectivity index (χ1v) is 12.2. The van der Waals surface area contributed by atoms with Gasteiger partial charge in [-0.15, -0.1) is 0 Å². The van der Waals surface area contributed by atoms with Gasteiger partial charge in [0.15, 0.2) is 0 Å². The minimum absolute atomic E-state index is 0.109. The van der Waals surface area contributed by atoms with Crippen molar-refractivity contribution in [1.82, 2.24) is 0 Å². The lowest BCUT2D eigenvalue weighted by Gasteiger charge is -2.33. The van der Waals surface area contributed by atoms with Crippen LogP contribution in [0.4, 0.5) is 8.78 Å². The number of hydrogen-bond donors (Lipinski definition) is 2. The van der Waals surface area contributed by atoms with Gasteiger partial charge in [0, 0.05) is 5.92 Å². The fourth-order valence-corrected chi connectivity index (χ4v) is 5.52. The number of benzene rings is 4. The lowest BCUT2D eigenvalue weighted by Crippen LogP contribution is -2.18. The van der Waals surface area contributed by atoms with Crippen molar-refractivity contribution < 1.29 is 28.6 Å². The Balaban J connectivity index is 1.99. The van der Waals surface area contributed by atoms with Crippen LogP contribution in [0.15, 0.2) is 66.7 Å². The smallest absolute Gasteiger partial charge is 0.336 e. The normalized spacial score (nSPS) is 15.2. The highest BCUT2D eigenvalue weighted by molar-refractivity contribution is 6.11. The molecule has 5 rings (SSSR count). The predicted octanol–water partition coefficient (Wildman–Crippen LogP) is 7.89. The molecule has 0 amide bonds. The van der Waals surface area contributed by atoms with Crippen LogP contribution in [0.2, 0.25) is 0 Å². The van der Waals surface area contributed by atoms with E-state index < -0.39 is 29.5 Å². The number of halogens is 2. The first kappa shape index (κ1) is 25.3. The lowest BCUT2D eigenvalue weighted by atomic mass is 9.69. The van der Waals surface area contributed by atoms with Crippen molar-refractivity contribution in [2.45, 2.75) is 39.0 Å². The van der Waals surface area contributed by atoms with Gasteiger partial charge in [-0.3, -0.25) is 0 Å². The van der Waals surface area contributed by atoms with Crippen LogP contribution in [-0.2, 0) is 5.41 Å². The summed E-state index contributed by atoms with van der Waals surface area (Å²) in [4.78, 5) is 24.6. The zero-order valence-electron chi connectivity index (χ0n) is 21.4. The molecule has 0 spiro atoms. The molecule has 4 nitrogen and oxygen atoms in total. The van der Waals surface area contributed by atoms with Crippen molar-refractivity contribution in [2.24, 2.45) is 0 Å². The van der Waals surface area contributed by atoms with E-state index in [4.69, 9.17) is 0 Å². The standard InChI is InChI=1S/C32H26F2O4/c1-16-24-13-18(32(2,3)4)12-17-6-5-7-23(28(17)24)29(26-15-20(34)9-11-22(26)31(37)38)27(16)25-14-19(33)8-10-21(25)30(35)36/h5-15,29H,1-4H3,(H,35,36)(H,37,38). The summed E-state index contributed by atoms with van der Waals surface area (Å²) in [5.41, 5.74) is 3.60. The Bertz CT molecular complexity index is 1690. The summed E-state index contributed by atoms with van der Waals surface area (Å²) in [5.74, 6) is -4.59. The molecule has 4 aromatic rings. The first-order valence-electron chi connectivity index (χ1n) is 12.2. The molecule has 0 radical (unpaired) electrons. The summed E-state index contributed by atoms with van der Waals surface area (Å²) < 4.78 is 29.3. The van der Waals surface area contributed by atoms with Crippen molar-refractivity contribution in [3.05, 3.63) is 117 Å². The Morgan fingerprint density at radius 3 is 2.03 bits per heavy atom. The minimum Gasteiger partial charge on any atom is -0.478 e. The average molecular weight is 513 g/mol. The third-order valence-corrected chi connectivity index (χ3v) is 7.34. The minimum atomic E-state index is -1.25. The lowest BCUT2D eigenvalue weighted by molar-refractivity contribution is 0.0684. The van der Waals surface area contributed by atoms with Crippen LogP contribution in [0, 0.1) is 11.6 Å². The van der Waals surface area contributed by atoms with E-state index in [2.05, 4.69) is 32.9 Å². The average Bonchev–Trinajstić information content (AvgIpc) is 2.84. The number of carboxylic acids is 2. The maximum Gasteiger partial charge on any atom is 0.336 e. The van der Waals surface area contributed by atoms with Gasteiger partial charge in [-0.05, 0) is 98.5 Å². The molecule has 1 atom stereocenters. The van der Waals surface area contributed by atoms with Gasteiger partial charge in [0.1, 0.15) is 11.6 Å². The topological polar surface area (TPSA) is 74.6 Å². The van der Waals surface area contributed by atoms with Crippen molar-refractivity contribution in [3.8, 4) is 0 Å². The van der Waals surface area contributed by atoms with Gasteiger partial charge >= 0.3 is 11.9 Å². The molecular weight excluding hydrogens is 486 g/mol. The van der Waals surface area contributed by atoms with Gasteiger partial charge in [0.2, 0.25) is 0 Å². The Kier molecular flexibility index (Phi) is 5.94. The quantitative estimate of drug-likeness (QED) is 0.292. The highest BCUT2D eigenvalue weighted by atomic mass is 19.1. The zero-order chi connectivity index (χ0) is 27.5. The van der Waals surface area contributed by atoms with E-state index in [-0.39, 0.29) is 27.7 Å². The molecule has 1 aliphatic rings. The number of hydrogen-bond acceptors (Lipinski definition) is 2. The summed E-state index contributed by atoms with van der Waals surface area (Å²) >= 11 is 0. The molecule has 38 heavy (non-hydrogen) atoms. The fourth-order valence-electron chi connectivity index (χ4n) is 5.52. The van der Waals surface area contributed by atoms with Crippen LogP contribution in [-0.4, -0.2) is 22.2 Å². The molecule has 1 unspecified atom stereocenters. The SMILES string of the molecule is CC1=C(c2cc(F)ccc2C(=O)O)C(c2cc(F)ccc2C(=O)O)c2cccc3cc(C(C)(C)C)cc1c23. The van der Waals surface area contributed by atoms with Crippen LogP contribution >= 0.6 is 0 Å². The molecule has 0 saturated carbocycles. The molecule has 192 valence electrons. The van der Waals surface area contributed by atoms with Crippen molar-refractivity contribution in [3.63, 3.8) is 0 Å². The van der Waals surface area contributed by atoms with Crippen LogP contribution < -0.4 is 0 Å². The fraction of sp³-hybridized carbons (Fsp3) is 0.188. The molecule has 0 saturated heterocycles. The predicted molar refractivity (Wildman–Crippen MR) is 144 cm³/mol. The Hall–Kier alpha value is -4.32. The summed E-state index contributed by atoms with van der Waals surface area (Å²) in [6.07, 6.45) is 0. The monoisotopic (exact) mass is 512 g/mol. The van der Waals surface area contributed by atoms with E-state index in [1.165, 1.54) is 18.2 Å². The van der Waals surface area contributed by atoms with Crippen LogP contribution in [0.1, 0.15) is 82.1 Å². The molecule has 0 heterocycles. The molecule has 0 fully saturated rings. The van der Waals surface area contributed by atoms with Gasteiger partial charge in [-0.2, -0.15) is 0 Å². The zero-order valence-corrected chi connectivity index (χ0v) is 21.4. The van der Waals surface area contributed by atoms with Gasteiger partial charge in [0.05, 0.1) is 11.1 Å². The van der Waals surface area contributed by atoms with Gasteiger partial charge in [0.25, 0.3) is 0 Å². The Morgan fingerprint density at radius 2 is 1.39 bits per heavy atom. The van der Waals surface area contributed by atoms with Crippen LogP contribution in [0.3, 0.4) is 0 Å². The number of allylic oxidation sites excluding steroid dienone is 2. The summed E-state index contributed by atoms with van der Waals surface area (Å²) in [6.45, 7) is 8.11. The van der Waals surface area contributed by atoms with E-state index in [1.54, 1.807) is 0 Å². The summed E-state index contributed by atoms with van der Waals surface area (Å²) in [5, 5.41) is 21.8. The van der Waals surface area contributed by atoms with Crippen LogP contribution in [0.5, 0.6) is 0 Å². The number of carbonyl (C=O) groups is 2. The highest BCUT2D eigenvalue weighted by Gasteiger charge is 2.35. The van der Waals surface area contributed by atoms with Crippen molar-refractivity contribution >= 4 is 33.9 Å². The second-order valence-electron chi connectivity index (χ2n) is 10.7. The van der Waals surface area contributed by atoms with E-state index in [1.807, 2.05) is 25.1 Å². The third kappa shape index (κ3) is 4.06. The Morgan fingerprint density at radius 1 is 0.763 bits per heavy atom. The summed E-state index contributed by atoms with van der Waals surface area (Å²) in [7, 11) is 0. The maximum absolute atomic E-state index is 14.7. The molecule has 0 bridgehead atoms.